The highest BCUT2D eigenvalue weighted by atomic mass is 31.1. The predicted octanol–water partition coefficient (Wildman–Crippen LogP) is 5.20. The van der Waals surface area contributed by atoms with Crippen molar-refractivity contribution < 1.29 is 46.4 Å². The standard InChI is InChI=1S/C24H21NO10P2/c26-23(32-15-17-7-3-1-4-8-17)20(25-24(27)33-16-18-9-5-2-6-10-18)13-19-11-12-21(34-36(28)29)22(14-19)35-37(30)31/h1-12,14,20H,13,15-16H2,(H,25,27)/t20-/m0/s1. The van der Waals surface area contributed by atoms with Crippen LogP contribution in [-0.4, -0.2) is 18.1 Å². The average molecular weight is 545 g/mol. The Morgan fingerprint density at radius 2 is 1.22 bits per heavy atom. The normalized spacial score (nSPS) is 11.0. The van der Waals surface area contributed by atoms with Gasteiger partial charge in [0.15, 0.2) is 11.5 Å². The monoisotopic (exact) mass is 545 g/mol. The first-order valence-electron chi connectivity index (χ1n) is 10.8. The number of carbonyl (C=O) groups is 2. The molecule has 0 saturated heterocycles. The lowest BCUT2D eigenvalue weighted by atomic mass is 10.1. The number of rotatable bonds is 12. The first-order chi connectivity index (χ1) is 17.8. The van der Waals surface area contributed by atoms with Gasteiger partial charge in [-0.15, -0.1) is 0 Å². The molecule has 1 N–H and O–H groups in total. The fourth-order valence-corrected chi connectivity index (χ4v) is 3.77. The van der Waals surface area contributed by atoms with E-state index < -0.39 is 39.7 Å². The lowest BCUT2D eigenvalue weighted by Crippen LogP contribution is -2.43. The van der Waals surface area contributed by atoms with Gasteiger partial charge in [-0.25, -0.2) is 9.59 Å². The van der Waals surface area contributed by atoms with Crippen LogP contribution < -0.4 is 14.4 Å². The molecule has 11 nitrogen and oxygen atoms in total. The topological polar surface area (TPSA) is 151 Å². The van der Waals surface area contributed by atoms with Crippen molar-refractivity contribution in [3.05, 3.63) is 95.6 Å². The number of nitrogens with one attached hydrogen (secondary N) is 1. The van der Waals surface area contributed by atoms with Crippen LogP contribution in [0, 0.1) is 0 Å². The Labute approximate surface area is 212 Å². The maximum absolute atomic E-state index is 12.9. The quantitative estimate of drug-likeness (QED) is 0.237. The minimum atomic E-state index is -3.39. The number of ether oxygens (including phenoxy) is 2. The summed E-state index contributed by atoms with van der Waals surface area (Å²) >= 11 is 0. The molecule has 1 amide bonds. The van der Waals surface area contributed by atoms with E-state index in [0.717, 1.165) is 17.2 Å². The van der Waals surface area contributed by atoms with Gasteiger partial charge in [-0.05, 0) is 28.8 Å². The van der Waals surface area contributed by atoms with Crippen LogP contribution in [0.25, 0.3) is 0 Å². The van der Waals surface area contributed by atoms with Gasteiger partial charge in [0.05, 0.1) is 0 Å². The van der Waals surface area contributed by atoms with Gasteiger partial charge < -0.3 is 23.8 Å². The number of hydrogen-bond donors (Lipinski definition) is 1. The second kappa shape index (κ2) is 13.8. The Balaban J connectivity index is 1.77. The Morgan fingerprint density at radius 3 is 1.78 bits per heavy atom. The van der Waals surface area contributed by atoms with Gasteiger partial charge in [0, 0.05) is 6.42 Å². The van der Waals surface area contributed by atoms with Crippen molar-refractivity contribution in [2.75, 3.05) is 0 Å². The first-order valence-corrected chi connectivity index (χ1v) is 12.9. The van der Waals surface area contributed by atoms with Crippen molar-refractivity contribution in [3.8, 4) is 11.5 Å². The Bertz CT molecular complexity index is 1340. The largest absolute Gasteiger partial charge is 0.529 e. The lowest BCUT2D eigenvalue weighted by molar-refractivity contribution is -0.147. The second-order valence-corrected chi connectivity index (χ2v) is 8.73. The number of carbonyl (C=O) groups excluding carboxylic acids is 2. The molecule has 0 heterocycles. The van der Waals surface area contributed by atoms with E-state index >= 15 is 0 Å². The zero-order chi connectivity index (χ0) is 26.6. The summed E-state index contributed by atoms with van der Waals surface area (Å²) in [6.45, 7) is -0.0857. The average Bonchev–Trinajstić information content (AvgIpc) is 2.88. The Hall–Kier alpha value is -4.20. The zero-order valence-electron chi connectivity index (χ0n) is 19.2. The van der Waals surface area contributed by atoms with Gasteiger partial charge in [-0.3, -0.25) is 0 Å². The van der Waals surface area contributed by atoms with E-state index in [9.17, 15) is 27.8 Å². The van der Waals surface area contributed by atoms with E-state index in [0.29, 0.717) is 5.56 Å². The van der Waals surface area contributed by atoms with E-state index in [1.165, 1.54) is 12.1 Å². The highest BCUT2D eigenvalue weighted by molar-refractivity contribution is 7.25. The van der Waals surface area contributed by atoms with Crippen LogP contribution >= 0.6 is 15.8 Å². The predicted molar refractivity (Wildman–Crippen MR) is 128 cm³/mol. The molecule has 37 heavy (non-hydrogen) atoms. The SMILES string of the molecule is O=C(N[C@@H](Cc1ccc(OP(=O)=O)c(OP(=O)=O)c1)C(=O)OCc1ccccc1)OCc1ccccc1. The van der Waals surface area contributed by atoms with Gasteiger partial charge in [0.2, 0.25) is 0 Å². The lowest BCUT2D eigenvalue weighted by Gasteiger charge is -2.18. The van der Waals surface area contributed by atoms with Gasteiger partial charge in [0.1, 0.15) is 19.3 Å². The molecule has 0 saturated carbocycles. The van der Waals surface area contributed by atoms with Crippen LogP contribution in [0.4, 0.5) is 4.79 Å². The highest BCUT2D eigenvalue weighted by Crippen LogP contribution is 2.35. The maximum atomic E-state index is 12.9. The second-order valence-electron chi connectivity index (χ2n) is 7.47. The molecule has 0 aliphatic heterocycles. The van der Waals surface area contributed by atoms with Crippen LogP contribution in [0.1, 0.15) is 16.7 Å². The molecule has 0 radical (unpaired) electrons. The van der Waals surface area contributed by atoms with Gasteiger partial charge in [-0.2, -0.15) is 18.3 Å². The fraction of sp³-hybridized carbons (Fsp3) is 0.167. The van der Waals surface area contributed by atoms with Crippen molar-refractivity contribution >= 4 is 27.9 Å². The fourth-order valence-electron chi connectivity index (χ4n) is 3.15. The van der Waals surface area contributed by atoms with Crippen LogP contribution in [0.3, 0.4) is 0 Å². The van der Waals surface area contributed by atoms with E-state index in [2.05, 4.69) is 14.4 Å². The van der Waals surface area contributed by atoms with E-state index in [1.807, 2.05) is 12.1 Å². The summed E-state index contributed by atoms with van der Waals surface area (Å²) in [7, 11) is -6.74. The summed E-state index contributed by atoms with van der Waals surface area (Å²) in [5.74, 6) is -1.55. The third kappa shape index (κ3) is 9.40. The van der Waals surface area contributed by atoms with Crippen molar-refractivity contribution in [2.45, 2.75) is 25.7 Å². The number of alkyl carbamates (subject to hydrolysis) is 1. The van der Waals surface area contributed by atoms with Crippen LogP contribution in [0.5, 0.6) is 11.5 Å². The number of hydrogen-bond acceptors (Lipinski definition) is 10. The summed E-state index contributed by atoms with van der Waals surface area (Å²) < 4.78 is 63.7. The van der Waals surface area contributed by atoms with Crippen molar-refractivity contribution in [2.24, 2.45) is 0 Å². The van der Waals surface area contributed by atoms with Crippen molar-refractivity contribution in [1.29, 1.82) is 0 Å². The Morgan fingerprint density at radius 1 is 0.676 bits per heavy atom. The Kier molecular flexibility index (Phi) is 10.2. The molecule has 0 unspecified atom stereocenters. The third-order valence-electron chi connectivity index (χ3n) is 4.81. The molecule has 0 aromatic heterocycles. The van der Waals surface area contributed by atoms with Crippen molar-refractivity contribution in [3.63, 3.8) is 0 Å². The third-order valence-corrected chi connectivity index (χ3v) is 5.50. The molecule has 0 spiro atoms. The molecule has 3 aromatic rings. The molecule has 3 aromatic carbocycles. The zero-order valence-corrected chi connectivity index (χ0v) is 21.0. The molecule has 3 rings (SSSR count). The summed E-state index contributed by atoms with van der Waals surface area (Å²) in [4.78, 5) is 25.3. The van der Waals surface area contributed by atoms with Crippen LogP contribution in [-0.2, 0) is 52.2 Å². The molecule has 192 valence electrons. The molecule has 13 heteroatoms. The van der Waals surface area contributed by atoms with Gasteiger partial charge in [0.25, 0.3) is 0 Å². The van der Waals surface area contributed by atoms with Gasteiger partial charge >= 0.3 is 27.9 Å². The smallest absolute Gasteiger partial charge is 0.459 e. The van der Waals surface area contributed by atoms with E-state index in [4.69, 9.17) is 9.47 Å². The molecule has 0 fully saturated rings. The van der Waals surface area contributed by atoms with Crippen LogP contribution in [0.2, 0.25) is 0 Å². The van der Waals surface area contributed by atoms with E-state index in [-0.39, 0.29) is 25.4 Å². The van der Waals surface area contributed by atoms with Crippen molar-refractivity contribution in [1.82, 2.24) is 5.32 Å². The van der Waals surface area contributed by atoms with E-state index in [1.54, 1.807) is 48.5 Å². The maximum Gasteiger partial charge on any atom is 0.529 e. The number of esters is 1. The summed E-state index contributed by atoms with van der Waals surface area (Å²) in [6, 6.07) is 20.3. The van der Waals surface area contributed by atoms with Gasteiger partial charge in [-0.1, -0.05) is 66.7 Å². The minimum absolute atomic E-state index is 0.0353. The molecule has 1 atom stereocenters. The summed E-state index contributed by atoms with van der Waals surface area (Å²) in [5.41, 5.74) is 1.77. The molecule has 0 bridgehead atoms. The molecule has 0 aliphatic carbocycles. The molecule has 0 aliphatic rings. The summed E-state index contributed by atoms with van der Waals surface area (Å²) in [6.07, 6.45) is -1.04. The molecular weight excluding hydrogens is 524 g/mol. The van der Waals surface area contributed by atoms with Crippen LogP contribution in [0.15, 0.2) is 78.9 Å². The highest BCUT2D eigenvalue weighted by Gasteiger charge is 2.25. The number of benzene rings is 3. The summed E-state index contributed by atoms with van der Waals surface area (Å²) in [5, 5.41) is 2.45. The first kappa shape index (κ1) is 27.4. The number of amides is 1. The molecular formula is C24H21NO10P2. The minimum Gasteiger partial charge on any atom is -0.459 e.